The van der Waals surface area contributed by atoms with E-state index in [1.807, 2.05) is 32.0 Å². The first-order valence-corrected chi connectivity index (χ1v) is 11.0. The van der Waals surface area contributed by atoms with Crippen molar-refractivity contribution in [2.45, 2.75) is 65.1 Å². The van der Waals surface area contributed by atoms with Crippen LogP contribution in [0.3, 0.4) is 0 Å². The number of tetrazole rings is 1. The van der Waals surface area contributed by atoms with Crippen LogP contribution in [0.25, 0.3) is 5.69 Å². The molecule has 3 atom stereocenters. The molecule has 0 radical (unpaired) electrons. The molecule has 0 N–H and O–H groups in total. The zero-order valence-corrected chi connectivity index (χ0v) is 18.2. The maximum Gasteiger partial charge on any atom is 0.316 e. The number of esters is 1. The first-order valence-electron chi connectivity index (χ1n) is 10.0. The van der Waals surface area contributed by atoms with E-state index < -0.39 is 0 Å². The van der Waals surface area contributed by atoms with E-state index in [-0.39, 0.29) is 17.8 Å². The minimum Gasteiger partial charge on any atom is -0.461 e. The van der Waals surface area contributed by atoms with Crippen LogP contribution in [0.2, 0.25) is 0 Å². The second kappa shape index (κ2) is 9.07. The Morgan fingerprint density at radius 1 is 1.29 bits per heavy atom. The van der Waals surface area contributed by atoms with Gasteiger partial charge in [-0.25, -0.2) is 0 Å². The van der Waals surface area contributed by atoms with Crippen molar-refractivity contribution in [3.63, 3.8) is 0 Å². The summed E-state index contributed by atoms with van der Waals surface area (Å²) < 4.78 is 7.60. The number of thioether (sulfide) groups is 1. The quantitative estimate of drug-likeness (QED) is 0.528. The number of benzene rings is 1. The van der Waals surface area contributed by atoms with E-state index in [9.17, 15) is 4.79 Å². The second-order valence-electron chi connectivity index (χ2n) is 8.26. The molecule has 152 valence electrons. The fraction of sp³-hybridized carbons (Fsp3) is 0.619. The van der Waals surface area contributed by atoms with Gasteiger partial charge in [-0.1, -0.05) is 57.2 Å². The number of ether oxygens (including phenoxy) is 1. The molecule has 1 fully saturated rings. The first-order chi connectivity index (χ1) is 13.4. The van der Waals surface area contributed by atoms with Crippen molar-refractivity contribution >= 4 is 17.7 Å². The van der Waals surface area contributed by atoms with Gasteiger partial charge in [0.2, 0.25) is 5.16 Å². The van der Waals surface area contributed by atoms with Gasteiger partial charge < -0.3 is 4.74 Å². The molecule has 0 bridgehead atoms. The zero-order chi connectivity index (χ0) is 20.3. The van der Waals surface area contributed by atoms with Crippen molar-refractivity contribution in [2.24, 2.45) is 17.8 Å². The van der Waals surface area contributed by atoms with Crippen LogP contribution in [-0.4, -0.2) is 38.0 Å². The molecule has 0 unspecified atom stereocenters. The van der Waals surface area contributed by atoms with Crippen molar-refractivity contribution < 1.29 is 9.53 Å². The molecule has 0 spiro atoms. The molecule has 1 heterocycles. The van der Waals surface area contributed by atoms with E-state index in [1.54, 1.807) is 4.68 Å². The summed E-state index contributed by atoms with van der Waals surface area (Å²) in [4.78, 5) is 12.5. The number of carbonyl (C=O) groups excluding carboxylic acids is 1. The number of hydrogen-bond acceptors (Lipinski definition) is 6. The third kappa shape index (κ3) is 4.74. The molecule has 0 saturated heterocycles. The van der Waals surface area contributed by atoms with E-state index in [2.05, 4.69) is 36.3 Å². The zero-order valence-electron chi connectivity index (χ0n) is 17.4. The van der Waals surface area contributed by atoms with Gasteiger partial charge in [-0.15, -0.1) is 5.10 Å². The molecule has 1 aliphatic rings. The summed E-state index contributed by atoms with van der Waals surface area (Å²) in [6, 6.07) is 6.07. The fourth-order valence-electron chi connectivity index (χ4n) is 4.13. The minimum atomic E-state index is -0.189. The molecule has 0 aliphatic heterocycles. The molecule has 3 rings (SSSR count). The molecule has 7 heteroatoms. The predicted octanol–water partition coefficient (Wildman–Crippen LogP) is 4.38. The summed E-state index contributed by atoms with van der Waals surface area (Å²) in [5.74, 6) is 1.60. The van der Waals surface area contributed by atoms with Crippen LogP contribution in [0.15, 0.2) is 23.4 Å². The van der Waals surface area contributed by atoms with Crippen LogP contribution in [-0.2, 0) is 9.53 Å². The van der Waals surface area contributed by atoms with Gasteiger partial charge in [-0.2, -0.15) is 4.68 Å². The fourth-order valence-corrected chi connectivity index (χ4v) is 4.78. The lowest BCUT2D eigenvalue weighted by Crippen LogP contribution is -2.36. The van der Waals surface area contributed by atoms with Gasteiger partial charge in [0.05, 0.1) is 11.4 Å². The van der Waals surface area contributed by atoms with Crippen LogP contribution in [0.4, 0.5) is 0 Å². The number of nitrogens with zero attached hydrogens (tertiary/aromatic N) is 4. The Labute approximate surface area is 171 Å². The summed E-state index contributed by atoms with van der Waals surface area (Å²) in [5.41, 5.74) is 3.14. The summed E-state index contributed by atoms with van der Waals surface area (Å²) in [6.07, 6.45) is 3.33. The maximum absolute atomic E-state index is 12.5. The lowest BCUT2D eigenvalue weighted by atomic mass is 9.75. The van der Waals surface area contributed by atoms with Crippen LogP contribution < -0.4 is 0 Å². The lowest BCUT2D eigenvalue weighted by Gasteiger charge is -2.36. The van der Waals surface area contributed by atoms with Crippen molar-refractivity contribution in [2.75, 3.05) is 5.75 Å². The van der Waals surface area contributed by atoms with Crippen LogP contribution in [0.5, 0.6) is 0 Å². The monoisotopic (exact) mass is 402 g/mol. The maximum atomic E-state index is 12.5. The van der Waals surface area contributed by atoms with E-state index >= 15 is 0 Å². The molecule has 28 heavy (non-hydrogen) atoms. The smallest absolute Gasteiger partial charge is 0.316 e. The Bertz CT molecular complexity index is 800. The minimum absolute atomic E-state index is 0.0199. The Kier molecular flexibility index (Phi) is 6.75. The molecule has 1 saturated carbocycles. The van der Waals surface area contributed by atoms with Gasteiger partial charge in [0.25, 0.3) is 0 Å². The molecule has 0 amide bonds. The number of hydrogen-bond donors (Lipinski definition) is 0. The van der Waals surface area contributed by atoms with Crippen molar-refractivity contribution in [3.8, 4) is 5.69 Å². The number of aromatic nitrogens is 4. The molecule has 1 aliphatic carbocycles. The molecule has 2 aromatic rings. The molecule has 1 aromatic heterocycles. The van der Waals surface area contributed by atoms with Crippen molar-refractivity contribution in [1.29, 1.82) is 0 Å². The second-order valence-corrected chi connectivity index (χ2v) is 9.20. The average Bonchev–Trinajstić information content (AvgIpc) is 3.08. The standard InChI is InChI=1S/C21H30N4O2S/c1-13(2)17-10-9-14(3)11-18(17)27-19(26)12-28-21-22-23-24-25(21)20-15(4)7-6-8-16(20)5/h6-8,13-14,17-18H,9-12H2,1-5H3/t14-,17-,18+/m1/s1. The summed E-state index contributed by atoms with van der Waals surface area (Å²) in [5, 5.41) is 12.6. The van der Waals surface area contributed by atoms with E-state index in [4.69, 9.17) is 4.74 Å². The van der Waals surface area contributed by atoms with Crippen molar-refractivity contribution in [1.82, 2.24) is 20.2 Å². The number of para-hydroxylation sites is 1. The highest BCUT2D eigenvalue weighted by Crippen LogP contribution is 2.35. The Morgan fingerprint density at radius 3 is 2.68 bits per heavy atom. The summed E-state index contributed by atoms with van der Waals surface area (Å²) in [7, 11) is 0. The van der Waals surface area contributed by atoms with Gasteiger partial charge in [0, 0.05) is 0 Å². The van der Waals surface area contributed by atoms with Gasteiger partial charge in [0.1, 0.15) is 6.10 Å². The van der Waals surface area contributed by atoms with Crippen LogP contribution in [0.1, 0.15) is 51.2 Å². The van der Waals surface area contributed by atoms with Gasteiger partial charge in [-0.3, -0.25) is 4.79 Å². The van der Waals surface area contributed by atoms with E-state index in [1.165, 1.54) is 18.2 Å². The van der Waals surface area contributed by atoms with Crippen LogP contribution in [0, 0.1) is 31.6 Å². The van der Waals surface area contributed by atoms with Crippen LogP contribution >= 0.6 is 11.8 Å². The molecular formula is C21H30N4O2S. The van der Waals surface area contributed by atoms with E-state index in [0.29, 0.717) is 22.9 Å². The topological polar surface area (TPSA) is 69.9 Å². The first kappa shape index (κ1) is 20.8. The van der Waals surface area contributed by atoms with E-state index in [0.717, 1.165) is 29.7 Å². The SMILES string of the molecule is Cc1cccc(C)c1-n1nnnc1SCC(=O)O[C@H]1C[C@H](C)CC[C@@H]1C(C)C. The van der Waals surface area contributed by atoms with Gasteiger partial charge in [-0.05, 0) is 66.0 Å². The summed E-state index contributed by atoms with van der Waals surface area (Å²) in [6.45, 7) is 10.7. The number of aryl methyl sites for hydroxylation is 2. The average molecular weight is 403 g/mol. The highest BCUT2D eigenvalue weighted by Gasteiger charge is 2.33. The number of rotatable bonds is 6. The Balaban J connectivity index is 1.65. The van der Waals surface area contributed by atoms with Crippen molar-refractivity contribution in [3.05, 3.63) is 29.3 Å². The predicted molar refractivity (Wildman–Crippen MR) is 111 cm³/mol. The third-order valence-corrected chi connectivity index (χ3v) is 6.55. The molecule has 6 nitrogen and oxygen atoms in total. The normalized spacial score (nSPS) is 22.4. The Morgan fingerprint density at radius 2 is 2.00 bits per heavy atom. The number of carbonyl (C=O) groups is 1. The lowest BCUT2D eigenvalue weighted by molar-refractivity contribution is -0.152. The third-order valence-electron chi connectivity index (χ3n) is 5.66. The highest BCUT2D eigenvalue weighted by atomic mass is 32.2. The summed E-state index contributed by atoms with van der Waals surface area (Å²) >= 11 is 1.33. The molecule has 1 aromatic carbocycles. The van der Waals surface area contributed by atoms with Gasteiger partial charge >= 0.3 is 5.97 Å². The Hall–Kier alpha value is -1.89. The largest absolute Gasteiger partial charge is 0.461 e. The molecular weight excluding hydrogens is 372 g/mol. The van der Waals surface area contributed by atoms with Gasteiger partial charge in [0.15, 0.2) is 0 Å². The highest BCUT2D eigenvalue weighted by molar-refractivity contribution is 7.99.